The van der Waals surface area contributed by atoms with Crippen LogP contribution in [0.4, 0.5) is 0 Å². The third kappa shape index (κ3) is 4.86. The Kier molecular flexibility index (Phi) is 6.80. The molecule has 5 rings (SSSR count). The average Bonchev–Trinajstić information content (AvgIpc) is 3.61. The number of rotatable bonds is 7. The highest BCUT2D eigenvalue weighted by Crippen LogP contribution is 2.38. The highest BCUT2D eigenvalue weighted by molar-refractivity contribution is 5.96. The lowest BCUT2D eigenvalue weighted by molar-refractivity contribution is 0.0827. The molecule has 0 aliphatic carbocycles. The van der Waals surface area contributed by atoms with E-state index in [1.165, 1.54) is 4.90 Å². The van der Waals surface area contributed by atoms with Gasteiger partial charge in [0.05, 0.1) is 24.8 Å². The van der Waals surface area contributed by atoms with Crippen molar-refractivity contribution in [2.75, 3.05) is 40.9 Å². The van der Waals surface area contributed by atoms with E-state index < -0.39 is 0 Å². The Bertz CT molecular complexity index is 1500. The van der Waals surface area contributed by atoms with Gasteiger partial charge in [0, 0.05) is 49.9 Å². The van der Waals surface area contributed by atoms with Gasteiger partial charge in [-0.2, -0.15) is 5.26 Å². The van der Waals surface area contributed by atoms with E-state index in [1.807, 2.05) is 36.4 Å². The number of furan rings is 1. The quantitative estimate of drug-likeness (QED) is 0.395. The number of hydrogen-bond acceptors (Lipinski definition) is 7. The monoisotopic (exact) mass is 496 g/mol. The summed E-state index contributed by atoms with van der Waals surface area (Å²) in [5.41, 5.74) is 4.64. The number of aromatic nitrogens is 1. The molecule has 0 saturated carbocycles. The molecule has 1 aliphatic rings. The summed E-state index contributed by atoms with van der Waals surface area (Å²) in [5, 5.41) is 13.1. The summed E-state index contributed by atoms with van der Waals surface area (Å²) in [6.07, 6.45) is 2.80. The summed E-state index contributed by atoms with van der Waals surface area (Å²) in [6.45, 7) is 2.53. The fourth-order valence-corrected chi connectivity index (χ4v) is 4.56. The first-order chi connectivity index (χ1) is 18.0. The molecule has 8 heteroatoms. The topological polar surface area (TPSA) is 101 Å². The van der Waals surface area contributed by atoms with Gasteiger partial charge in [0.1, 0.15) is 28.8 Å². The van der Waals surface area contributed by atoms with Crippen LogP contribution in [0.1, 0.15) is 22.3 Å². The summed E-state index contributed by atoms with van der Waals surface area (Å²) in [6, 6.07) is 16.8. The number of amides is 1. The Morgan fingerprint density at radius 2 is 2.03 bits per heavy atom. The molecule has 1 saturated heterocycles. The van der Waals surface area contributed by atoms with Crippen molar-refractivity contribution in [2.24, 2.45) is 5.92 Å². The Balaban J connectivity index is 1.49. The molecule has 3 heterocycles. The first-order valence-corrected chi connectivity index (χ1v) is 12.1. The molecule has 1 amide bonds. The predicted molar refractivity (Wildman–Crippen MR) is 141 cm³/mol. The van der Waals surface area contributed by atoms with E-state index in [9.17, 15) is 10.1 Å². The van der Waals surface area contributed by atoms with E-state index in [1.54, 1.807) is 39.5 Å². The number of nitrogens with zero attached hydrogens (tertiary/aromatic N) is 3. The van der Waals surface area contributed by atoms with Crippen LogP contribution in [0.25, 0.3) is 33.6 Å². The number of pyridine rings is 1. The molecule has 1 aliphatic heterocycles. The maximum absolute atomic E-state index is 12.4. The second-order valence-electron chi connectivity index (χ2n) is 9.29. The lowest BCUT2D eigenvalue weighted by atomic mass is 10.0. The number of nitrogens with one attached hydrogen (secondary N) is 1. The fourth-order valence-electron chi connectivity index (χ4n) is 4.56. The van der Waals surface area contributed by atoms with Gasteiger partial charge in [0.25, 0.3) is 5.91 Å². The molecular weight excluding hydrogens is 468 g/mol. The third-order valence-corrected chi connectivity index (χ3v) is 6.58. The van der Waals surface area contributed by atoms with Gasteiger partial charge in [-0.15, -0.1) is 0 Å². The third-order valence-electron chi connectivity index (χ3n) is 6.58. The second-order valence-corrected chi connectivity index (χ2v) is 9.29. The van der Waals surface area contributed by atoms with Crippen molar-refractivity contribution in [1.29, 1.82) is 5.26 Å². The number of benzene rings is 2. The van der Waals surface area contributed by atoms with Gasteiger partial charge >= 0.3 is 0 Å². The molecule has 1 fully saturated rings. The van der Waals surface area contributed by atoms with Crippen LogP contribution in [0, 0.1) is 17.2 Å². The summed E-state index contributed by atoms with van der Waals surface area (Å²) in [7, 11) is 4.97. The van der Waals surface area contributed by atoms with E-state index in [0.717, 1.165) is 30.6 Å². The van der Waals surface area contributed by atoms with Crippen LogP contribution >= 0.6 is 0 Å². The van der Waals surface area contributed by atoms with Crippen LogP contribution in [0.5, 0.6) is 11.5 Å². The van der Waals surface area contributed by atoms with Crippen LogP contribution in [0.2, 0.25) is 0 Å². The maximum Gasteiger partial charge on any atom is 0.253 e. The number of nitriles is 1. The van der Waals surface area contributed by atoms with Crippen molar-refractivity contribution in [2.45, 2.75) is 6.42 Å². The van der Waals surface area contributed by atoms with Gasteiger partial charge in [0.15, 0.2) is 5.58 Å². The summed E-state index contributed by atoms with van der Waals surface area (Å²) in [4.78, 5) is 18.4. The Hall–Kier alpha value is -4.35. The van der Waals surface area contributed by atoms with Gasteiger partial charge in [-0.1, -0.05) is 6.07 Å². The van der Waals surface area contributed by atoms with Crippen LogP contribution in [-0.4, -0.2) is 56.7 Å². The largest absolute Gasteiger partial charge is 0.496 e. The standard InChI is InChI=1S/C29H28N4O4/c1-33(2)29(34)20-4-6-23(26(13-20)35-3)27-14-24-28(37-27)22(9-11-32-24)19-5-7-25(21(12-19)15-30)36-17-18-8-10-31-16-18/h4-7,9,11-14,18,31H,8,10,16-17H2,1-3H3. The normalized spacial score (nSPS) is 14.9. The first-order valence-electron chi connectivity index (χ1n) is 12.1. The van der Waals surface area contributed by atoms with Crippen molar-refractivity contribution in [1.82, 2.24) is 15.2 Å². The van der Waals surface area contributed by atoms with Crippen LogP contribution < -0.4 is 14.8 Å². The number of carbonyl (C=O) groups is 1. The molecule has 0 spiro atoms. The molecule has 0 bridgehead atoms. The number of hydrogen-bond donors (Lipinski definition) is 1. The van der Waals surface area contributed by atoms with Crippen molar-refractivity contribution in [3.8, 4) is 40.0 Å². The number of fused-ring (bicyclic) bond motifs is 1. The van der Waals surface area contributed by atoms with Crippen molar-refractivity contribution in [3.63, 3.8) is 0 Å². The Morgan fingerprint density at radius 1 is 1.16 bits per heavy atom. The van der Waals surface area contributed by atoms with Gasteiger partial charge in [-0.25, -0.2) is 0 Å². The van der Waals surface area contributed by atoms with Gasteiger partial charge < -0.3 is 24.1 Å². The zero-order valence-electron chi connectivity index (χ0n) is 21.1. The molecule has 1 N–H and O–H groups in total. The van der Waals surface area contributed by atoms with Crippen molar-refractivity contribution in [3.05, 3.63) is 65.9 Å². The van der Waals surface area contributed by atoms with E-state index >= 15 is 0 Å². The predicted octanol–water partition coefficient (Wildman–Crippen LogP) is 4.73. The van der Waals surface area contributed by atoms with Gasteiger partial charge in [-0.05, 0) is 54.9 Å². The number of methoxy groups -OCH3 is 1. The molecule has 188 valence electrons. The number of carbonyl (C=O) groups excluding carboxylic acids is 1. The van der Waals surface area contributed by atoms with Crippen molar-refractivity contribution < 1.29 is 18.7 Å². The summed E-state index contributed by atoms with van der Waals surface area (Å²) < 4.78 is 17.8. The SMILES string of the molecule is COc1cc(C(=O)N(C)C)ccc1-c1cc2nccc(-c3ccc(OCC4CCNC4)c(C#N)c3)c2o1. The van der Waals surface area contributed by atoms with E-state index in [-0.39, 0.29) is 5.91 Å². The summed E-state index contributed by atoms with van der Waals surface area (Å²) >= 11 is 0. The zero-order valence-corrected chi connectivity index (χ0v) is 21.1. The minimum Gasteiger partial charge on any atom is -0.496 e. The van der Waals surface area contributed by atoms with Gasteiger partial charge in [0.2, 0.25) is 0 Å². The lowest BCUT2D eigenvalue weighted by Gasteiger charge is -2.13. The molecule has 4 aromatic rings. The minimum atomic E-state index is -0.112. The fraction of sp³-hybridized carbons (Fsp3) is 0.276. The maximum atomic E-state index is 12.4. The molecule has 37 heavy (non-hydrogen) atoms. The van der Waals surface area contributed by atoms with Crippen LogP contribution in [-0.2, 0) is 0 Å². The minimum absolute atomic E-state index is 0.112. The highest BCUT2D eigenvalue weighted by atomic mass is 16.5. The highest BCUT2D eigenvalue weighted by Gasteiger charge is 2.19. The lowest BCUT2D eigenvalue weighted by Crippen LogP contribution is -2.21. The Morgan fingerprint density at radius 3 is 2.76 bits per heavy atom. The molecule has 1 atom stereocenters. The second kappa shape index (κ2) is 10.3. The molecule has 0 radical (unpaired) electrons. The molecule has 2 aromatic heterocycles. The smallest absolute Gasteiger partial charge is 0.253 e. The first kappa shape index (κ1) is 24.3. The van der Waals surface area contributed by atoms with Gasteiger partial charge in [-0.3, -0.25) is 9.78 Å². The number of ether oxygens (including phenoxy) is 2. The van der Waals surface area contributed by atoms with E-state index in [2.05, 4.69) is 16.4 Å². The summed E-state index contributed by atoms with van der Waals surface area (Å²) in [5.74, 6) is 2.03. The van der Waals surface area contributed by atoms with E-state index in [0.29, 0.717) is 57.6 Å². The average molecular weight is 497 g/mol. The molecule has 8 nitrogen and oxygen atoms in total. The van der Waals surface area contributed by atoms with Crippen LogP contribution in [0.3, 0.4) is 0 Å². The molecule has 2 aromatic carbocycles. The molecule has 1 unspecified atom stereocenters. The zero-order chi connectivity index (χ0) is 25.9. The Labute approximate surface area is 215 Å². The van der Waals surface area contributed by atoms with Crippen LogP contribution in [0.15, 0.2) is 59.1 Å². The van der Waals surface area contributed by atoms with E-state index in [4.69, 9.17) is 13.9 Å². The molecular formula is C29H28N4O4. The van der Waals surface area contributed by atoms with Crippen molar-refractivity contribution >= 4 is 17.0 Å².